The number of para-hydroxylation sites is 1. The Labute approximate surface area is 108 Å². The number of rotatable bonds is 5. The van der Waals surface area contributed by atoms with Gasteiger partial charge in [-0.2, -0.15) is 0 Å². The minimum Gasteiger partial charge on any atom is -0.388 e. The summed E-state index contributed by atoms with van der Waals surface area (Å²) < 4.78 is 0. The highest BCUT2D eigenvalue weighted by molar-refractivity contribution is 5.78. The molecular formula is C15H20N2O. The molecular weight excluding hydrogens is 224 g/mol. The molecule has 3 N–H and O–H groups in total. The molecule has 96 valence electrons. The topological polar surface area (TPSA) is 59.1 Å². The molecule has 1 heterocycles. The first-order valence-electron chi connectivity index (χ1n) is 6.44. The molecule has 1 aromatic carbocycles. The second-order valence-electron chi connectivity index (χ2n) is 4.85. The number of pyridine rings is 1. The van der Waals surface area contributed by atoms with E-state index in [1.54, 1.807) is 0 Å². The first kappa shape index (κ1) is 13.0. The van der Waals surface area contributed by atoms with Gasteiger partial charge in [0.25, 0.3) is 0 Å². The van der Waals surface area contributed by atoms with E-state index >= 15 is 0 Å². The standard InChI is InChI=1S/C15H20N2O/c1-2-9-15(18,11-16)10-13-8-7-12-5-3-4-6-14(12)17-13/h3-8,18H,2,9-11,16H2,1H3. The second kappa shape index (κ2) is 5.46. The molecule has 0 aliphatic carbocycles. The molecule has 1 unspecified atom stereocenters. The quantitative estimate of drug-likeness (QED) is 0.848. The van der Waals surface area contributed by atoms with Crippen LogP contribution >= 0.6 is 0 Å². The summed E-state index contributed by atoms with van der Waals surface area (Å²) in [4.78, 5) is 4.57. The lowest BCUT2D eigenvalue weighted by Gasteiger charge is -2.25. The Kier molecular flexibility index (Phi) is 3.94. The molecule has 0 bridgehead atoms. The van der Waals surface area contributed by atoms with Crippen molar-refractivity contribution in [1.29, 1.82) is 0 Å². The van der Waals surface area contributed by atoms with Crippen LogP contribution in [0.15, 0.2) is 36.4 Å². The van der Waals surface area contributed by atoms with Gasteiger partial charge < -0.3 is 10.8 Å². The Bertz CT molecular complexity index is 527. The number of benzene rings is 1. The number of aliphatic hydroxyl groups is 1. The molecule has 0 saturated carbocycles. The molecule has 0 saturated heterocycles. The summed E-state index contributed by atoms with van der Waals surface area (Å²) in [5, 5.41) is 11.5. The summed E-state index contributed by atoms with van der Waals surface area (Å²) in [7, 11) is 0. The third kappa shape index (κ3) is 2.86. The summed E-state index contributed by atoms with van der Waals surface area (Å²) in [5.41, 5.74) is 6.71. The third-order valence-electron chi connectivity index (χ3n) is 3.26. The predicted octanol–water partition coefficient (Wildman–Crippen LogP) is 2.27. The Morgan fingerprint density at radius 3 is 2.72 bits per heavy atom. The molecule has 2 rings (SSSR count). The van der Waals surface area contributed by atoms with E-state index in [0.717, 1.165) is 23.0 Å². The van der Waals surface area contributed by atoms with Crippen LogP contribution in [0.2, 0.25) is 0 Å². The van der Waals surface area contributed by atoms with Gasteiger partial charge in [0.15, 0.2) is 0 Å². The van der Waals surface area contributed by atoms with Crippen molar-refractivity contribution < 1.29 is 5.11 Å². The molecule has 3 heteroatoms. The van der Waals surface area contributed by atoms with Gasteiger partial charge >= 0.3 is 0 Å². The molecule has 0 radical (unpaired) electrons. The number of hydrogen-bond donors (Lipinski definition) is 2. The van der Waals surface area contributed by atoms with Gasteiger partial charge in [0, 0.05) is 24.0 Å². The first-order valence-corrected chi connectivity index (χ1v) is 6.44. The lowest BCUT2D eigenvalue weighted by Crippen LogP contribution is -2.40. The third-order valence-corrected chi connectivity index (χ3v) is 3.26. The minimum atomic E-state index is -0.829. The van der Waals surface area contributed by atoms with Gasteiger partial charge in [0.1, 0.15) is 0 Å². The van der Waals surface area contributed by atoms with Gasteiger partial charge in [-0.15, -0.1) is 0 Å². The Morgan fingerprint density at radius 1 is 1.22 bits per heavy atom. The highest BCUT2D eigenvalue weighted by Gasteiger charge is 2.25. The smallest absolute Gasteiger partial charge is 0.0824 e. The number of hydrogen-bond acceptors (Lipinski definition) is 3. The van der Waals surface area contributed by atoms with Crippen molar-refractivity contribution >= 4 is 10.9 Å². The van der Waals surface area contributed by atoms with E-state index < -0.39 is 5.60 Å². The van der Waals surface area contributed by atoms with Gasteiger partial charge in [-0.25, -0.2) is 0 Å². The lowest BCUT2D eigenvalue weighted by molar-refractivity contribution is 0.0390. The van der Waals surface area contributed by atoms with E-state index in [4.69, 9.17) is 5.73 Å². The Hall–Kier alpha value is -1.45. The van der Waals surface area contributed by atoms with Crippen LogP contribution in [0.3, 0.4) is 0 Å². The minimum absolute atomic E-state index is 0.273. The van der Waals surface area contributed by atoms with Gasteiger partial charge in [0.2, 0.25) is 0 Å². The SMILES string of the molecule is CCCC(O)(CN)Cc1ccc2ccccc2n1. The van der Waals surface area contributed by atoms with Gasteiger partial charge in [-0.05, 0) is 18.6 Å². The maximum atomic E-state index is 10.4. The van der Waals surface area contributed by atoms with Crippen molar-refractivity contribution in [3.8, 4) is 0 Å². The van der Waals surface area contributed by atoms with Crippen LogP contribution < -0.4 is 5.73 Å². The molecule has 0 fully saturated rings. The fourth-order valence-electron chi connectivity index (χ4n) is 2.27. The normalized spacial score (nSPS) is 14.6. The van der Waals surface area contributed by atoms with E-state index in [1.807, 2.05) is 36.4 Å². The van der Waals surface area contributed by atoms with Crippen molar-refractivity contribution in [2.24, 2.45) is 5.73 Å². The summed E-state index contributed by atoms with van der Waals surface area (Å²) in [6.45, 7) is 2.32. The largest absolute Gasteiger partial charge is 0.388 e. The van der Waals surface area contributed by atoms with E-state index in [9.17, 15) is 5.11 Å². The van der Waals surface area contributed by atoms with E-state index in [2.05, 4.69) is 11.9 Å². The van der Waals surface area contributed by atoms with Crippen LogP contribution in [0.4, 0.5) is 0 Å². The van der Waals surface area contributed by atoms with Crippen molar-refractivity contribution in [3.05, 3.63) is 42.1 Å². The summed E-state index contributed by atoms with van der Waals surface area (Å²) in [6, 6.07) is 12.0. The summed E-state index contributed by atoms with van der Waals surface area (Å²) in [5.74, 6) is 0. The Morgan fingerprint density at radius 2 is 2.00 bits per heavy atom. The van der Waals surface area contributed by atoms with Crippen molar-refractivity contribution in [1.82, 2.24) is 4.98 Å². The van der Waals surface area contributed by atoms with Crippen LogP contribution in [-0.2, 0) is 6.42 Å². The zero-order valence-corrected chi connectivity index (χ0v) is 10.8. The molecule has 0 aliphatic rings. The fraction of sp³-hybridized carbons (Fsp3) is 0.400. The van der Waals surface area contributed by atoms with Crippen LogP contribution in [0, 0.1) is 0 Å². The number of aromatic nitrogens is 1. The molecule has 3 nitrogen and oxygen atoms in total. The van der Waals surface area contributed by atoms with Crippen molar-refractivity contribution in [2.75, 3.05) is 6.54 Å². The fourth-order valence-corrected chi connectivity index (χ4v) is 2.27. The highest BCUT2D eigenvalue weighted by atomic mass is 16.3. The maximum absolute atomic E-state index is 10.4. The molecule has 0 spiro atoms. The molecule has 0 aliphatic heterocycles. The lowest BCUT2D eigenvalue weighted by atomic mass is 9.92. The second-order valence-corrected chi connectivity index (χ2v) is 4.85. The average Bonchev–Trinajstić information content (AvgIpc) is 2.39. The van der Waals surface area contributed by atoms with Gasteiger partial charge in [-0.1, -0.05) is 37.6 Å². The zero-order valence-electron chi connectivity index (χ0n) is 10.8. The molecule has 18 heavy (non-hydrogen) atoms. The van der Waals surface area contributed by atoms with Gasteiger partial charge in [-0.3, -0.25) is 4.98 Å². The van der Waals surface area contributed by atoms with Crippen molar-refractivity contribution in [2.45, 2.75) is 31.8 Å². The van der Waals surface area contributed by atoms with Crippen molar-refractivity contribution in [3.63, 3.8) is 0 Å². The summed E-state index contributed by atoms with van der Waals surface area (Å²) >= 11 is 0. The number of nitrogens with two attached hydrogens (primary N) is 1. The molecule has 2 aromatic rings. The highest BCUT2D eigenvalue weighted by Crippen LogP contribution is 2.19. The van der Waals surface area contributed by atoms with Crippen LogP contribution in [-0.4, -0.2) is 22.2 Å². The molecule has 1 atom stereocenters. The van der Waals surface area contributed by atoms with E-state index in [1.165, 1.54) is 0 Å². The monoisotopic (exact) mass is 244 g/mol. The average molecular weight is 244 g/mol. The Balaban J connectivity index is 2.26. The maximum Gasteiger partial charge on any atom is 0.0824 e. The van der Waals surface area contributed by atoms with Crippen LogP contribution in [0.5, 0.6) is 0 Å². The molecule has 1 aromatic heterocycles. The number of fused-ring (bicyclic) bond motifs is 1. The van der Waals surface area contributed by atoms with E-state index in [0.29, 0.717) is 12.8 Å². The number of nitrogens with zero attached hydrogens (tertiary/aromatic N) is 1. The van der Waals surface area contributed by atoms with E-state index in [-0.39, 0.29) is 6.54 Å². The van der Waals surface area contributed by atoms with Crippen LogP contribution in [0.1, 0.15) is 25.5 Å². The molecule has 0 amide bonds. The zero-order chi connectivity index (χ0) is 13.0. The first-order chi connectivity index (χ1) is 8.67. The van der Waals surface area contributed by atoms with Gasteiger partial charge in [0.05, 0.1) is 11.1 Å². The van der Waals surface area contributed by atoms with Crippen LogP contribution in [0.25, 0.3) is 10.9 Å². The predicted molar refractivity (Wildman–Crippen MR) is 74.4 cm³/mol. The summed E-state index contributed by atoms with van der Waals surface area (Å²) in [6.07, 6.45) is 2.14.